The Kier molecular flexibility index (Phi) is 3.68. The summed E-state index contributed by atoms with van der Waals surface area (Å²) in [6.45, 7) is 1.07. The molecule has 5 nitrogen and oxygen atoms in total. The number of hydrogen-bond donors (Lipinski definition) is 1. The summed E-state index contributed by atoms with van der Waals surface area (Å²) in [5.41, 5.74) is 0.938. The summed E-state index contributed by atoms with van der Waals surface area (Å²) in [6.07, 6.45) is -0.0991. The van der Waals surface area contributed by atoms with Crippen molar-refractivity contribution in [2.24, 2.45) is 0 Å². The van der Waals surface area contributed by atoms with Crippen molar-refractivity contribution in [3.63, 3.8) is 0 Å². The van der Waals surface area contributed by atoms with Gasteiger partial charge in [0.1, 0.15) is 5.75 Å². The Balaban J connectivity index is 2.24. The minimum atomic E-state index is -0.524. The lowest BCUT2D eigenvalue weighted by Gasteiger charge is -2.35. The van der Waals surface area contributed by atoms with Crippen molar-refractivity contribution in [1.82, 2.24) is 5.32 Å². The molecular formula is C13H15N3O2. The number of fused-ring (bicyclic) bond motifs is 1. The molecule has 0 saturated carbocycles. The number of likely N-dealkylation sites (N-methyl/N-ethyl adjacent to an activating group) is 1. The Morgan fingerprint density at radius 3 is 3.11 bits per heavy atom. The number of rotatable bonds is 3. The first-order valence-corrected chi connectivity index (χ1v) is 5.85. The van der Waals surface area contributed by atoms with Crippen LogP contribution in [0.5, 0.6) is 5.75 Å². The molecule has 1 N–H and O–H groups in total. The minimum absolute atomic E-state index is 0.147. The van der Waals surface area contributed by atoms with Gasteiger partial charge in [0.05, 0.1) is 24.7 Å². The standard InChI is InChI=1S/C13H15N3O2/c1-15-13(17)12-9-16(8-4-7-14)10-5-2-3-6-11(10)18-12/h2-3,5-6,12H,4,8-9H2,1H3,(H,15,17)/t12-/m1/s1. The van der Waals surface area contributed by atoms with Crippen molar-refractivity contribution in [1.29, 1.82) is 5.26 Å². The van der Waals surface area contributed by atoms with Crippen LogP contribution in [-0.2, 0) is 4.79 Å². The zero-order valence-electron chi connectivity index (χ0n) is 10.2. The average molecular weight is 245 g/mol. The number of nitrogens with zero attached hydrogens (tertiary/aromatic N) is 2. The lowest BCUT2D eigenvalue weighted by molar-refractivity contribution is -0.127. The lowest BCUT2D eigenvalue weighted by atomic mass is 10.1. The van der Waals surface area contributed by atoms with Crippen LogP contribution in [0, 0.1) is 11.3 Å². The van der Waals surface area contributed by atoms with Crippen molar-refractivity contribution in [2.45, 2.75) is 12.5 Å². The van der Waals surface area contributed by atoms with Crippen LogP contribution in [0.25, 0.3) is 0 Å². The number of hydrogen-bond acceptors (Lipinski definition) is 4. The second kappa shape index (κ2) is 5.41. The van der Waals surface area contributed by atoms with Gasteiger partial charge >= 0.3 is 0 Å². The van der Waals surface area contributed by atoms with Gasteiger partial charge in [-0.1, -0.05) is 12.1 Å². The van der Waals surface area contributed by atoms with E-state index in [4.69, 9.17) is 10.00 Å². The van der Waals surface area contributed by atoms with Gasteiger partial charge < -0.3 is 15.0 Å². The van der Waals surface area contributed by atoms with Crippen LogP contribution < -0.4 is 15.0 Å². The van der Waals surface area contributed by atoms with E-state index < -0.39 is 6.10 Å². The number of anilines is 1. The summed E-state index contributed by atoms with van der Waals surface area (Å²) in [5, 5.41) is 11.3. The van der Waals surface area contributed by atoms with Gasteiger partial charge in [-0.15, -0.1) is 0 Å². The van der Waals surface area contributed by atoms with Crippen molar-refractivity contribution in [3.8, 4) is 11.8 Å². The van der Waals surface area contributed by atoms with Crippen molar-refractivity contribution >= 4 is 11.6 Å². The summed E-state index contributed by atoms with van der Waals surface area (Å²) in [6, 6.07) is 9.68. The van der Waals surface area contributed by atoms with Gasteiger partial charge in [0.2, 0.25) is 0 Å². The Morgan fingerprint density at radius 2 is 2.39 bits per heavy atom. The smallest absolute Gasteiger partial charge is 0.262 e. The normalized spacial score (nSPS) is 17.3. The number of benzene rings is 1. The summed E-state index contributed by atoms with van der Waals surface area (Å²) < 4.78 is 5.66. The fourth-order valence-corrected chi connectivity index (χ4v) is 2.00. The predicted molar refractivity (Wildman–Crippen MR) is 67.4 cm³/mol. The molecule has 94 valence electrons. The molecule has 1 aliphatic heterocycles. The highest BCUT2D eigenvalue weighted by Gasteiger charge is 2.29. The highest BCUT2D eigenvalue weighted by atomic mass is 16.5. The van der Waals surface area contributed by atoms with Gasteiger partial charge in [0.15, 0.2) is 6.10 Å². The summed E-state index contributed by atoms with van der Waals surface area (Å²) in [5.74, 6) is 0.543. The van der Waals surface area contributed by atoms with E-state index in [9.17, 15) is 4.79 Å². The average Bonchev–Trinajstić information content (AvgIpc) is 2.43. The van der Waals surface area contributed by atoms with Gasteiger partial charge in [-0.3, -0.25) is 4.79 Å². The number of nitriles is 1. The van der Waals surface area contributed by atoms with E-state index in [0.717, 1.165) is 5.69 Å². The summed E-state index contributed by atoms with van der Waals surface area (Å²) in [7, 11) is 1.59. The first-order chi connectivity index (χ1) is 8.76. The number of nitrogens with one attached hydrogen (secondary N) is 1. The van der Waals surface area contributed by atoms with Crippen LogP contribution in [0.15, 0.2) is 24.3 Å². The van der Waals surface area contributed by atoms with Crippen LogP contribution in [0.4, 0.5) is 5.69 Å². The van der Waals surface area contributed by atoms with Gasteiger partial charge in [-0.25, -0.2) is 0 Å². The van der Waals surface area contributed by atoms with Crippen molar-refractivity contribution in [2.75, 3.05) is 25.0 Å². The zero-order valence-corrected chi connectivity index (χ0v) is 10.2. The summed E-state index contributed by atoms with van der Waals surface area (Å²) >= 11 is 0. The molecule has 1 heterocycles. The van der Waals surface area contributed by atoms with Crippen LogP contribution in [0.1, 0.15) is 6.42 Å². The molecule has 0 aromatic heterocycles. The molecule has 5 heteroatoms. The number of para-hydroxylation sites is 2. The third kappa shape index (κ3) is 2.38. The minimum Gasteiger partial charge on any atom is -0.477 e. The highest BCUT2D eigenvalue weighted by molar-refractivity contribution is 5.83. The predicted octanol–water partition coefficient (Wildman–Crippen LogP) is 0.914. The second-order valence-corrected chi connectivity index (χ2v) is 4.04. The maximum absolute atomic E-state index is 11.7. The molecule has 0 spiro atoms. The number of amides is 1. The van der Waals surface area contributed by atoms with Crippen LogP contribution >= 0.6 is 0 Å². The number of ether oxygens (including phenoxy) is 1. The molecule has 2 rings (SSSR count). The van der Waals surface area contributed by atoms with Gasteiger partial charge in [-0.2, -0.15) is 5.26 Å². The van der Waals surface area contributed by atoms with Crippen LogP contribution in [-0.4, -0.2) is 32.1 Å². The maximum Gasteiger partial charge on any atom is 0.262 e. The first-order valence-electron chi connectivity index (χ1n) is 5.85. The third-order valence-corrected chi connectivity index (χ3v) is 2.89. The van der Waals surface area contributed by atoms with E-state index in [2.05, 4.69) is 11.4 Å². The first kappa shape index (κ1) is 12.2. The van der Waals surface area contributed by atoms with Gasteiger partial charge in [0, 0.05) is 13.6 Å². The SMILES string of the molecule is CNC(=O)[C@H]1CN(CCC#N)c2ccccc2O1. The van der Waals surface area contributed by atoms with Gasteiger partial charge in [-0.05, 0) is 12.1 Å². The molecule has 0 aliphatic carbocycles. The molecule has 1 atom stereocenters. The molecule has 0 saturated heterocycles. The Morgan fingerprint density at radius 1 is 1.61 bits per heavy atom. The van der Waals surface area contributed by atoms with E-state index in [1.54, 1.807) is 7.05 Å². The maximum atomic E-state index is 11.7. The Hall–Kier alpha value is -2.22. The van der Waals surface area contributed by atoms with Crippen molar-refractivity contribution in [3.05, 3.63) is 24.3 Å². The summed E-state index contributed by atoms with van der Waals surface area (Å²) in [4.78, 5) is 13.7. The third-order valence-electron chi connectivity index (χ3n) is 2.89. The van der Waals surface area contributed by atoms with Gasteiger partial charge in [0.25, 0.3) is 5.91 Å². The largest absolute Gasteiger partial charge is 0.477 e. The molecule has 1 amide bonds. The molecule has 1 aromatic carbocycles. The Bertz CT molecular complexity index is 481. The number of carbonyl (C=O) groups is 1. The van der Waals surface area contributed by atoms with Crippen molar-refractivity contribution < 1.29 is 9.53 Å². The molecule has 18 heavy (non-hydrogen) atoms. The molecule has 0 fully saturated rings. The monoisotopic (exact) mass is 245 g/mol. The lowest BCUT2D eigenvalue weighted by Crippen LogP contribution is -2.48. The zero-order chi connectivity index (χ0) is 13.0. The molecular weight excluding hydrogens is 230 g/mol. The number of carbonyl (C=O) groups excluding carboxylic acids is 1. The fraction of sp³-hybridized carbons (Fsp3) is 0.385. The van der Waals surface area contributed by atoms with E-state index in [0.29, 0.717) is 25.3 Å². The molecule has 0 bridgehead atoms. The quantitative estimate of drug-likeness (QED) is 0.859. The topological polar surface area (TPSA) is 65.4 Å². The van der Waals surface area contributed by atoms with E-state index >= 15 is 0 Å². The second-order valence-electron chi connectivity index (χ2n) is 4.04. The Labute approximate surface area is 106 Å². The highest BCUT2D eigenvalue weighted by Crippen LogP contribution is 2.32. The van der Waals surface area contributed by atoms with E-state index in [1.165, 1.54) is 0 Å². The van der Waals surface area contributed by atoms with Crippen LogP contribution in [0.3, 0.4) is 0 Å². The molecule has 1 aliphatic rings. The molecule has 0 radical (unpaired) electrons. The molecule has 1 aromatic rings. The van der Waals surface area contributed by atoms with Crippen LogP contribution in [0.2, 0.25) is 0 Å². The molecule has 0 unspecified atom stereocenters. The fourth-order valence-electron chi connectivity index (χ4n) is 2.00. The van der Waals surface area contributed by atoms with E-state index in [-0.39, 0.29) is 5.91 Å². The van der Waals surface area contributed by atoms with E-state index in [1.807, 2.05) is 29.2 Å².